The smallest absolute Gasteiger partial charge is 0.226 e. The van der Waals surface area contributed by atoms with Crippen LogP contribution in [0.4, 0.5) is 5.82 Å². The number of aromatic nitrogens is 1. The van der Waals surface area contributed by atoms with Crippen LogP contribution in [0.15, 0.2) is 42.6 Å². The molecule has 2 heterocycles. The number of aryl methyl sites for hydroxylation is 1. The highest BCUT2D eigenvalue weighted by Crippen LogP contribution is 2.49. The Kier molecular flexibility index (Phi) is 4.34. The van der Waals surface area contributed by atoms with E-state index in [2.05, 4.69) is 47.1 Å². The predicted molar refractivity (Wildman–Crippen MR) is 99.8 cm³/mol. The van der Waals surface area contributed by atoms with Crippen LogP contribution >= 0.6 is 0 Å². The fourth-order valence-electron chi connectivity index (χ4n) is 3.84. The van der Waals surface area contributed by atoms with Gasteiger partial charge in [0.15, 0.2) is 0 Å². The molecule has 132 valence electrons. The molecule has 2 aliphatic rings. The van der Waals surface area contributed by atoms with Crippen LogP contribution in [0.3, 0.4) is 0 Å². The summed E-state index contributed by atoms with van der Waals surface area (Å²) in [5.74, 6) is 1.71. The number of benzene rings is 1. The minimum Gasteiger partial charge on any atom is -0.353 e. The number of anilines is 1. The van der Waals surface area contributed by atoms with Crippen LogP contribution < -0.4 is 4.90 Å². The molecule has 26 heavy (non-hydrogen) atoms. The number of rotatable bonds is 3. The Morgan fingerprint density at radius 3 is 2.58 bits per heavy atom. The Morgan fingerprint density at radius 1 is 1.15 bits per heavy atom. The van der Waals surface area contributed by atoms with E-state index in [1.807, 2.05) is 11.0 Å². The number of pyridine rings is 1. The summed E-state index contributed by atoms with van der Waals surface area (Å²) >= 11 is 0. The molecule has 4 rings (SSSR count). The lowest BCUT2D eigenvalue weighted by atomic mass is 10.0. The zero-order valence-corrected chi connectivity index (χ0v) is 14.9. The van der Waals surface area contributed by atoms with Crippen molar-refractivity contribution in [2.75, 3.05) is 31.1 Å². The van der Waals surface area contributed by atoms with Crippen LogP contribution in [0.2, 0.25) is 0 Å². The Labute approximate surface area is 153 Å². The van der Waals surface area contributed by atoms with E-state index in [-0.39, 0.29) is 5.92 Å². The molecule has 1 aliphatic carbocycles. The zero-order chi connectivity index (χ0) is 18.1. The van der Waals surface area contributed by atoms with Gasteiger partial charge in [0.2, 0.25) is 5.91 Å². The average Bonchev–Trinajstić information content (AvgIpc) is 3.48. The standard InChI is InChI=1S/C21H22N4O/c1-15-4-2-3-5-17(15)18-12-19(18)21(26)25-10-8-24(9-11-25)20-7-6-16(13-22)14-23-20/h2-7,14,18-19H,8-12H2,1H3/t18-,19+/m1/s1. The third kappa shape index (κ3) is 3.15. The fourth-order valence-corrected chi connectivity index (χ4v) is 3.84. The number of amides is 1. The average molecular weight is 346 g/mol. The maximum absolute atomic E-state index is 12.8. The molecule has 2 aromatic rings. The van der Waals surface area contributed by atoms with Gasteiger partial charge in [-0.1, -0.05) is 24.3 Å². The van der Waals surface area contributed by atoms with Crippen LogP contribution in [0.5, 0.6) is 0 Å². The quantitative estimate of drug-likeness (QED) is 0.857. The first-order chi connectivity index (χ1) is 12.7. The zero-order valence-electron chi connectivity index (χ0n) is 14.9. The van der Waals surface area contributed by atoms with E-state index < -0.39 is 0 Å². The topological polar surface area (TPSA) is 60.2 Å². The van der Waals surface area contributed by atoms with Gasteiger partial charge in [-0.15, -0.1) is 0 Å². The van der Waals surface area contributed by atoms with E-state index >= 15 is 0 Å². The van der Waals surface area contributed by atoms with Crippen molar-refractivity contribution in [3.05, 3.63) is 59.3 Å². The maximum Gasteiger partial charge on any atom is 0.226 e. The summed E-state index contributed by atoms with van der Waals surface area (Å²) in [5, 5.41) is 8.87. The lowest BCUT2D eigenvalue weighted by molar-refractivity contribution is -0.133. The van der Waals surface area contributed by atoms with Gasteiger partial charge in [-0.2, -0.15) is 5.26 Å². The number of carbonyl (C=O) groups excluding carboxylic acids is 1. The molecule has 2 fully saturated rings. The largest absolute Gasteiger partial charge is 0.353 e. The highest BCUT2D eigenvalue weighted by Gasteiger charge is 2.46. The first kappa shape index (κ1) is 16.6. The van der Waals surface area contributed by atoms with Crippen LogP contribution in [0, 0.1) is 24.2 Å². The van der Waals surface area contributed by atoms with Gasteiger partial charge >= 0.3 is 0 Å². The summed E-state index contributed by atoms with van der Waals surface area (Å²) < 4.78 is 0. The van der Waals surface area contributed by atoms with Crippen LogP contribution in [0.1, 0.15) is 29.0 Å². The first-order valence-corrected chi connectivity index (χ1v) is 9.13. The van der Waals surface area contributed by atoms with Gasteiger partial charge in [-0.25, -0.2) is 4.98 Å². The molecule has 5 nitrogen and oxygen atoms in total. The summed E-state index contributed by atoms with van der Waals surface area (Å²) in [6, 6.07) is 14.1. The number of hydrogen-bond donors (Lipinski definition) is 0. The van der Waals surface area contributed by atoms with Crippen molar-refractivity contribution in [2.24, 2.45) is 5.92 Å². The molecule has 1 aromatic heterocycles. The second kappa shape index (κ2) is 6.80. The van der Waals surface area contributed by atoms with E-state index in [0.717, 1.165) is 38.4 Å². The van der Waals surface area contributed by atoms with E-state index in [9.17, 15) is 4.79 Å². The monoisotopic (exact) mass is 346 g/mol. The van der Waals surface area contributed by atoms with Gasteiger partial charge in [-0.3, -0.25) is 4.79 Å². The molecular weight excluding hydrogens is 324 g/mol. The molecule has 5 heteroatoms. The summed E-state index contributed by atoms with van der Waals surface area (Å²) in [6.45, 7) is 5.16. The van der Waals surface area contributed by atoms with Crippen molar-refractivity contribution >= 4 is 11.7 Å². The maximum atomic E-state index is 12.8. The van der Waals surface area contributed by atoms with Gasteiger partial charge < -0.3 is 9.80 Å². The Hall–Kier alpha value is -2.87. The Morgan fingerprint density at radius 2 is 1.92 bits per heavy atom. The molecular formula is C21H22N4O. The third-order valence-corrected chi connectivity index (χ3v) is 5.49. The van der Waals surface area contributed by atoms with E-state index in [1.54, 1.807) is 12.3 Å². The lowest BCUT2D eigenvalue weighted by Crippen LogP contribution is -2.49. The number of carbonyl (C=O) groups is 1. The van der Waals surface area contributed by atoms with Crippen LogP contribution in [-0.4, -0.2) is 42.0 Å². The molecule has 1 saturated heterocycles. The third-order valence-electron chi connectivity index (χ3n) is 5.49. The number of nitrogens with zero attached hydrogens (tertiary/aromatic N) is 4. The van der Waals surface area contributed by atoms with E-state index in [0.29, 0.717) is 17.4 Å². The number of nitriles is 1. The van der Waals surface area contributed by atoms with E-state index in [4.69, 9.17) is 5.26 Å². The van der Waals surface area contributed by atoms with Gasteiger partial charge in [0.05, 0.1) is 5.56 Å². The van der Waals surface area contributed by atoms with Gasteiger partial charge in [-0.05, 0) is 42.5 Å². The second-order valence-corrected chi connectivity index (χ2v) is 7.13. The molecule has 0 bridgehead atoms. The molecule has 0 N–H and O–H groups in total. The molecule has 0 spiro atoms. The molecule has 1 aromatic carbocycles. The molecule has 1 aliphatic heterocycles. The van der Waals surface area contributed by atoms with Gasteiger partial charge in [0.25, 0.3) is 0 Å². The molecule has 1 saturated carbocycles. The van der Waals surface area contributed by atoms with Crippen LogP contribution in [-0.2, 0) is 4.79 Å². The number of piperazine rings is 1. The minimum atomic E-state index is 0.149. The fraction of sp³-hybridized carbons (Fsp3) is 0.381. The lowest BCUT2D eigenvalue weighted by Gasteiger charge is -2.35. The number of hydrogen-bond acceptors (Lipinski definition) is 4. The van der Waals surface area contributed by atoms with E-state index in [1.165, 1.54) is 11.1 Å². The molecule has 1 amide bonds. The second-order valence-electron chi connectivity index (χ2n) is 7.13. The Balaban J connectivity index is 1.34. The van der Waals surface area contributed by atoms with Crippen molar-refractivity contribution in [1.82, 2.24) is 9.88 Å². The predicted octanol–water partition coefficient (Wildman–Crippen LogP) is 2.71. The summed E-state index contributed by atoms with van der Waals surface area (Å²) in [5.41, 5.74) is 3.18. The summed E-state index contributed by atoms with van der Waals surface area (Å²) in [7, 11) is 0. The van der Waals surface area contributed by atoms with Crippen molar-refractivity contribution in [1.29, 1.82) is 5.26 Å². The first-order valence-electron chi connectivity index (χ1n) is 9.13. The normalized spacial score (nSPS) is 22.0. The Bertz CT molecular complexity index is 847. The summed E-state index contributed by atoms with van der Waals surface area (Å²) in [6.07, 6.45) is 2.57. The van der Waals surface area contributed by atoms with Crippen molar-refractivity contribution < 1.29 is 4.79 Å². The SMILES string of the molecule is Cc1ccccc1[C@H]1C[C@@H]1C(=O)N1CCN(c2ccc(C#N)cn2)CC1. The minimum absolute atomic E-state index is 0.149. The van der Waals surface area contributed by atoms with Gasteiger partial charge in [0, 0.05) is 38.3 Å². The highest BCUT2D eigenvalue weighted by atomic mass is 16.2. The molecule has 0 radical (unpaired) electrons. The highest BCUT2D eigenvalue weighted by molar-refractivity contribution is 5.83. The molecule has 2 atom stereocenters. The van der Waals surface area contributed by atoms with Gasteiger partial charge in [0.1, 0.15) is 11.9 Å². The van der Waals surface area contributed by atoms with Crippen molar-refractivity contribution in [3.8, 4) is 6.07 Å². The molecule has 0 unspecified atom stereocenters. The summed E-state index contributed by atoms with van der Waals surface area (Å²) in [4.78, 5) is 21.4. The van der Waals surface area contributed by atoms with Crippen molar-refractivity contribution in [3.63, 3.8) is 0 Å². The van der Waals surface area contributed by atoms with Crippen LogP contribution in [0.25, 0.3) is 0 Å². The van der Waals surface area contributed by atoms with Crippen molar-refractivity contribution in [2.45, 2.75) is 19.3 Å².